The SMILES string of the molecule is CC/C=C\C/C=C\C/C=C\C/C=C\C/C=C\C/C=C\C/C=C\C/C=C\C/C=C\C/C=C\CCCCC(=O)NC(COP(=O)(O)OCC[N+](C)(C)C)C(O)/C=C/CCCCCCCCCCCCCCCCCCCCCCC. The predicted octanol–water partition coefficient (Wildman–Crippen LogP) is 19.9. The Morgan fingerprint density at radius 2 is 0.769 bits per heavy atom. The highest BCUT2D eigenvalue weighted by molar-refractivity contribution is 7.47. The molecule has 9 heteroatoms. The monoisotopic (exact) mass is 1100 g/mol. The molecule has 0 aromatic heterocycles. The molecule has 0 aromatic rings. The lowest BCUT2D eigenvalue weighted by Gasteiger charge is -2.25. The number of hydrogen-bond donors (Lipinski definition) is 3. The number of hydrogen-bond acceptors (Lipinski definition) is 5. The Morgan fingerprint density at radius 1 is 0.449 bits per heavy atom. The van der Waals surface area contributed by atoms with Crippen molar-refractivity contribution in [3.05, 3.63) is 134 Å². The maximum Gasteiger partial charge on any atom is 0.472 e. The summed E-state index contributed by atoms with van der Waals surface area (Å²) in [6.07, 6.45) is 88.5. The van der Waals surface area contributed by atoms with Gasteiger partial charge in [0.2, 0.25) is 5.91 Å². The van der Waals surface area contributed by atoms with E-state index in [1.54, 1.807) is 6.08 Å². The first kappa shape index (κ1) is 74.6. The summed E-state index contributed by atoms with van der Waals surface area (Å²) >= 11 is 0. The van der Waals surface area contributed by atoms with Gasteiger partial charge in [0, 0.05) is 6.42 Å². The van der Waals surface area contributed by atoms with Crippen molar-refractivity contribution >= 4 is 13.7 Å². The van der Waals surface area contributed by atoms with Crippen molar-refractivity contribution in [2.45, 2.75) is 257 Å². The zero-order chi connectivity index (χ0) is 57.0. The zero-order valence-electron chi connectivity index (χ0n) is 50.9. The Hall–Kier alpha value is -3.36. The summed E-state index contributed by atoms with van der Waals surface area (Å²) in [5.74, 6) is -0.223. The fourth-order valence-electron chi connectivity index (χ4n) is 8.48. The molecule has 8 nitrogen and oxygen atoms in total. The molecule has 3 unspecified atom stereocenters. The van der Waals surface area contributed by atoms with Gasteiger partial charge in [-0.1, -0.05) is 276 Å². The standard InChI is InChI=1S/C69H119N2O6P/c1-6-8-10-12-14-16-18-20-22-24-26-28-30-31-32-33-34-35-36-37-38-39-41-43-45-47-49-51-53-55-57-59-61-63-69(73)70-67(66-77-78(74,75)76-65-64-71(3,4)5)68(72)62-60-58-56-54-52-50-48-46-44-42-40-29-27-25-23-21-19-17-15-13-11-9-7-2/h8,10,14,16,20,22,26,28,31-32,34-35,37-38,41,43,47,49,53,55,60,62,67-68,72H,6-7,9,11-13,15,17-19,21,23-25,27,29-30,33,36,39-40,42,44-46,48,50-52,54,56-59,61,63-66H2,1-5H3,(H-,70,73,74,75)/p+1/b10-8-,16-14-,22-20-,28-26-,32-31-,35-34-,38-37-,43-41-,49-47-,55-53-,62-60+. The van der Waals surface area contributed by atoms with Crippen LogP contribution < -0.4 is 5.32 Å². The van der Waals surface area contributed by atoms with Crippen molar-refractivity contribution in [3.63, 3.8) is 0 Å². The summed E-state index contributed by atoms with van der Waals surface area (Å²) in [5.41, 5.74) is 0. The highest BCUT2D eigenvalue weighted by Crippen LogP contribution is 2.43. The molecule has 3 atom stereocenters. The van der Waals surface area contributed by atoms with E-state index in [1.165, 1.54) is 122 Å². The van der Waals surface area contributed by atoms with Gasteiger partial charge >= 0.3 is 7.82 Å². The van der Waals surface area contributed by atoms with E-state index in [2.05, 4.69) is 141 Å². The molecule has 0 spiro atoms. The van der Waals surface area contributed by atoms with E-state index in [0.717, 1.165) is 96.3 Å². The number of nitrogens with one attached hydrogen (secondary N) is 1. The van der Waals surface area contributed by atoms with Crippen molar-refractivity contribution in [1.82, 2.24) is 5.32 Å². The summed E-state index contributed by atoms with van der Waals surface area (Å²) in [6.45, 7) is 4.67. The normalized spacial score (nSPS) is 14.7. The number of aliphatic hydroxyl groups is 1. The predicted molar refractivity (Wildman–Crippen MR) is 341 cm³/mol. The highest BCUT2D eigenvalue weighted by Gasteiger charge is 2.27. The fourth-order valence-corrected chi connectivity index (χ4v) is 9.22. The molecule has 0 saturated carbocycles. The van der Waals surface area contributed by atoms with Crippen LogP contribution in [0.1, 0.15) is 245 Å². The maximum atomic E-state index is 13.0. The number of carbonyl (C=O) groups excluding carboxylic acids is 1. The first-order valence-corrected chi connectivity index (χ1v) is 33.1. The minimum atomic E-state index is -4.37. The third-order valence-electron chi connectivity index (χ3n) is 13.4. The lowest BCUT2D eigenvalue weighted by Crippen LogP contribution is -2.45. The first-order chi connectivity index (χ1) is 38.0. The van der Waals surface area contributed by atoms with E-state index in [9.17, 15) is 19.4 Å². The van der Waals surface area contributed by atoms with Crippen molar-refractivity contribution in [2.24, 2.45) is 0 Å². The van der Waals surface area contributed by atoms with E-state index < -0.39 is 20.0 Å². The largest absolute Gasteiger partial charge is 0.472 e. The number of rotatable bonds is 56. The van der Waals surface area contributed by atoms with Crippen LogP contribution in [0.4, 0.5) is 0 Å². The summed E-state index contributed by atoms with van der Waals surface area (Å²) < 4.78 is 23.7. The van der Waals surface area contributed by atoms with Crippen LogP contribution in [0.2, 0.25) is 0 Å². The molecule has 0 aromatic carbocycles. The van der Waals surface area contributed by atoms with Crippen molar-refractivity contribution in [1.29, 1.82) is 0 Å². The van der Waals surface area contributed by atoms with E-state index in [0.29, 0.717) is 23.9 Å². The Kier molecular flexibility index (Phi) is 55.8. The van der Waals surface area contributed by atoms with Crippen LogP contribution in [0, 0.1) is 0 Å². The van der Waals surface area contributed by atoms with E-state index >= 15 is 0 Å². The molecule has 0 aliphatic carbocycles. The van der Waals surface area contributed by atoms with Gasteiger partial charge in [0.25, 0.3) is 0 Å². The van der Waals surface area contributed by atoms with Gasteiger partial charge in [0.1, 0.15) is 13.2 Å². The van der Waals surface area contributed by atoms with Gasteiger partial charge in [-0.05, 0) is 96.3 Å². The molecule has 1 amide bonds. The van der Waals surface area contributed by atoms with E-state index in [1.807, 2.05) is 27.2 Å². The second-order valence-electron chi connectivity index (χ2n) is 22.1. The second-order valence-corrected chi connectivity index (χ2v) is 23.5. The molecule has 0 bridgehead atoms. The number of phosphoric acid groups is 1. The zero-order valence-corrected chi connectivity index (χ0v) is 51.7. The van der Waals surface area contributed by atoms with Crippen LogP contribution in [0.25, 0.3) is 0 Å². The minimum absolute atomic E-state index is 0.0457. The molecule has 0 rings (SSSR count). The van der Waals surface area contributed by atoms with Crippen LogP contribution in [0.5, 0.6) is 0 Å². The van der Waals surface area contributed by atoms with Crippen LogP contribution in [0.3, 0.4) is 0 Å². The van der Waals surface area contributed by atoms with Gasteiger partial charge in [0.05, 0.1) is 39.9 Å². The van der Waals surface area contributed by atoms with Crippen LogP contribution in [-0.2, 0) is 18.4 Å². The van der Waals surface area contributed by atoms with E-state index in [-0.39, 0.29) is 19.1 Å². The van der Waals surface area contributed by atoms with Gasteiger partial charge < -0.3 is 19.8 Å². The first-order valence-electron chi connectivity index (χ1n) is 31.6. The van der Waals surface area contributed by atoms with Crippen LogP contribution >= 0.6 is 7.82 Å². The van der Waals surface area contributed by atoms with Gasteiger partial charge in [-0.15, -0.1) is 0 Å². The van der Waals surface area contributed by atoms with Gasteiger partial charge in [-0.2, -0.15) is 0 Å². The number of allylic oxidation sites excluding steroid dienone is 21. The van der Waals surface area contributed by atoms with Crippen LogP contribution in [-0.4, -0.2) is 73.4 Å². The second kappa shape index (κ2) is 58.3. The van der Waals surface area contributed by atoms with Crippen molar-refractivity contribution in [3.8, 4) is 0 Å². The van der Waals surface area contributed by atoms with Crippen molar-refractivity contribution in [2.75, 3.05) is 40.9 Å². The average molecular weight is 1100 g/mol. The maximum absolute atomic E-state index is 13.0. The molecule has 0 saturated heterocycles. The molecular weight excluding hydrogens is 984 g/mol. The minimum Gasteiger partial charge on any atom is -0.387 e. The molecule has 0 fully saturated rings. The third-order valence-corrected chi connectivity index (χ3v) is 14.4. The summed E-state index contributed by atoms with van der Waals surface area (Å²) in [4.78, 5) is 23.3. The molecule has 78 heavy (non-hydrogen) atoms. The van der Waals surface area contributed by atoms with Crippen LogP contribution in [0.15, 0.2) is 134 Å². The molecular formula is C69H120N2O6P+. The Morgan fingerprint density at radius 3 is 1.13 bits per heavy atom. The number of phosphoric ester groups is 1. The average Bonchev–Trinajstić information content (AvgIpc) is 3.41. The van der Waals surface area contributed by atoms with Crippen molar-refractivity contribution < 1.29 is 32.9 Å². The summed E-state index contributed by atoms with van der Waals surface area (Å²) in [6, 6.07) is -0.882. The Bertz CT molecular complexity index is 1730. The Balaban J connectivity index is 4.31. The van der Waals surface area contributed by atoms with Gasteiger partial charge in [-0.25, -0.2) is 4.57 Å². The third kappa shape index (κ3) is 60.3. The number of carbonyl (C=O) groups is 1. The Labute approximate surface area is 481 Å². The molecule has 0 aliphatic heterocycles. The molecule has 3 N–H and O–H groups in total. The fraction of sp³-hybridized carbons (Fsp3) is 0.667. The number of amides is 1. The quantitative estimate of drug-likeness (QED) is 0.0243. The molecule has 0 heterocycles. The van der Waals surface area contributed by atoms with E-state index in [4.69, 9.17) is 9.05 Å². The van der Waals surface area contributed by atoms with Gasteiger partial charge in [0.15, 0.2) is 0 Å². The lowest BCUT2D eigenvalue weighted by atomic mass is 10.0. The smallest absolute Gasteiger partial charge is 0.387 e. The summed E-state index contributed by atoms with van der Waals surface area (Å²) in [5, 5.41) is 13.9. The number of likely N-dealkylation sites (N-methyl/N-ethyl adjacent to an activating group) is 1. The molecule has 0 radical (unpaired) electrons. The molecule has 446 valence electrons. The summed E-state index contributed by atoms with van der Waals surface area (Å²) in [7, 11) is 1.53. The lowest BCUT2D eigenvalue weighted by molar-refractivity contribution is -0.870. The topological polar surface area (TPSA) is 105 Å². The number of quaternary nitrogens is 1. The van der Waals surface area contributed by atoms with Gasteiger partial charge in [-0.3, -0.25) is 13.8 Å². The number of aliphatic hydroxyl groups excluding tert-OH is 1. The number of unbranched alkanes of at least 4 members (excludes halogenated alkanes) is 23. The molecule has 0 aliphatic rings. The highest BCUT2D eigenvalue weighted by atomic mass is 31.2. The number of nitrogens with zero attached hydrogens (tertiary/aromatic N) is 1.